The molecule has 1 aromatic heterocycles. The molecule has 0 atom stereocenters. The van der Waals surface area contributed by atoms with Crippen LogP contribution in [0.25, 0.3) is 0 Å². The van der Waals surface area contributed by atoms with E-state index in [0.29, 0.717) is 0 Å². The number of para-hydroxylation sites is 1. The zero-order valence-electron chi connectivity index (χ0n) is 11.8. The number of benzene rings is 1. The predicted octanol–water partition coefficient (Wildman–Crippen LogP) is 4.76. The predicted molar refractivity (Wildman–Crippen MR) is 88.0 cm³/mol. The standard InChI is InChI=1S/C17H19BrN2/c1-13-10-14(11-18)12-19-17(13)20-9-5-4-7-15-6-2-3-8-16(15)20/h2-3,6,8,10,12H,4-5,7,9,11H2,1H3. The maximum atomic E-state index is 4.71. The summed E-state index contributed by atoms with van der Waals surface area (Å²) in [5.41, 5.74) is 5.25. The first kappa shape index (κ1) is 13.6. The molecule has 0 bridgehead atoms. The summed E-state index contributed by atoms with van der Waals surface area (Å²) in [5.74, 6) is 1.10. The van der Waals surface area contributed by atoms with Crippen molar-refractivity contribution in [2.45, 2.75) is 31.5 Å². The first-order valence-corrected chi connectivity index (χ1v) is 8.28. The number of alkyl halides is 1. The molecule has 0 radical (unpaired) electrons. The summed E-state index contributed by atoms with van der Waals surface area (Å²) in [6.45, 7) is 3.21. The van der Waals surface area contributed by atoms with Gasteiger partial charge in [-0.05, 0) is 48.9 Å². The molecular formula is C17H19BrN2. The van der Waals surface area contributed by atoms with Crippen molar-refractivity contribution in [1.82, 2.24) is 4.98 Å². The van der Waals surface area contributed by atoms with Gasteiger partial charge >= 0.3 is 0 Å². The first-order valence-electron chi connectivity index (χ1n) is 7.16. The minimum Gasteiger partial charge on any atom is -0.326 e. The quantitative estimate of drug-likeness (QED) is 0.738. The third-order valence-corrected chi connectivity index (χ3v) is 4.52. The minimum absolute atomic E-state index is 0.859. The van der Waals surface area contributed by atoms with Gasteiger partial charge in [0.05, 0.1) is 0 Å². The van der Waals surface area contributed by atoms with Crippen LogP contribution in [-0.2, 0) is 11.8 Å². The SMILES string of the molecule is Cc1cc(CBr)cnc1N1CCCCc2ccccc21. The van der Waals surface area contributed by atoms with Crippen molar-refractivity contribution in [2.24, 2.45) is 0 Å². The average Bonchev–Trinajstić information content (AvgIpc) is 2.69. The lowest BCUT2D eigenvalue weighted by molar-refractivity contribution is 0.756. The van der Waals surface area contributed by atoms with Crippen molar-refractivity contribution in [3.8, 4) is 0 Å². The number of hydrogen-bond acceptors (Lipinski definition) is 2. The van der Waals surface area contributed by atoms with Crippen molar-refractivity contribution >= 4 is 27.4 Å². The molecule has 3 rings (SSSR count). The van der Waals surface area contributed by atoms with E-state index in [4.69, 9.17) is 4.98 Å². The van der Waals surface area contributed by atoms with E-state index in [0.717, 1.165) is 17.7 Å². The van der Waals surface area contributed by atoms with Crippen LogP contribution in [-0.4, -0.2) is 11.5 Å². The number of aromatic nitrogens is 1. The Kier molecular flexibility index (Phi) is 4.06. The number of nitrogens with zero attached hydrogens (tertiary/aromatic N) is 2. The van der Waals surface area contributed by atoms with E-state index in [1.807, 2.05) is 6.20 Å². The molecule has 0 fully saturated rings. The molecule has 0 saturated heterocycles. The Morgan fingerprint density at radius 1 is 1.25 bits per heavy atom. The van der Waals surface area contributed by atoms with Crippen molar-refractivity contribution in [2.75, 3.05) is 11.4 Å². The molecule has 2 aromatic rings. The summed E-state index contributed by atoms with van der Waals surface area (Å²) in [5, 5.41) is 0.859. The molecule has 1 aromatic carbocycles. The lowest BCUT2D eigenvalue weighted by Crippen LogP contribution is -2.20. The van der Waals surface area contributed by atoms with Gasteiger partial charge in [0, 0.05) is 23.8 Å². The molecule has 0 aliphatic carbocycles. The van der Waals surface area contributed by atoms with E-state index in [2.05, 4.69) is 58.1 Å². The highest BCUT2D eigenvalue weighted by atomic mass is 79.9. The average molecular weight is 331 g/mol. The number of fused-ring (bicyclic) bond motifs is 1. The van der Waals surface area contributed by atoms with Gasteiger partial charge in [-0.15, -0.1) is 0 Å². The highest BCUT2D eigenvalue weighted by Crippen LogP contribution is 2.33. The van der Waals surface area contributed by atoms with Gasteiger partial charge in [0.25, 0.3) is 0 Å². The highest BCUT2D eigenvalue weighted by Gasteiger charge is 2.18. The van der Waals surface area contributed by atoms with Crippen LogP contribution >= 0.6 is 15.9 Å². The molecule has 1 aliphatic rings. The second-order valence-electron chi connectivity index (χ2n) is 5.36. The zero-order chi connectivity index (χ0) is 13.9. The highest BCUT2D eigenvalue weighted by molar-refractivity contribution is 9.08. The Labute approximate surface area is 129 Å². The summed E-state index contributed by atoms with van der Waals surface area (Å²) >= 11 is 3.50. The second-order valence-corrected chi connectivity index (χ2v) is 5.92. The Balaban J connectivity index is 2.05. The molecule has 20 heavy (non-hydrogen) atoms. The van der Waals surface area contributed by atoms with E-state index in [9.17, 15) is 0 Å². The van der Waals surface area contributed by atoms with E-state index >= 15 is 0 Å². The molecule has 104 valence electrons. The molecule has 1 aliphatic heterocycles. The zero-order valence-corrected chi connectivity index (χ0v) is 13.4. The molecule has 0 unspecified atom stereocenters. The number of pyridine rings is 1. The van der Waals surface area contributed by atoms with Gasteiger partial charge in [0.1, 0.15) is 5.82 Å². The molecule has 3 heteroatoms. The fourth-order valence-electron chi connectivity index (χ4n) is 2.89. The van der Waals surface area contributed by atoms with Gasteiger partial charge in [0.2, 0.25) is 0 Å². The third kappa shape index (κ3) is 2.59. The van der Waals surface area contributed by atoms with Crippen LogP contribution in [0, 0.1) is 6.92 Å². The van der Waals surface area contributed by atoms with Gasteiger partial charge in [-0.2, -0.15) is 0 Å². The van der Waals surface area contributed by atoms with Crippen molar-refractivity contribution in [3.05, 3.63) is 53.2 Å². The number of rotatable bonds is 2. The molecule has 0 amide bonds. The number of anilines is 2. The Morgan fingerprint density at radius 3 is 2.90 bits per heavy atom. The Hall–Kier alpha value is -1.35. The van der Waals surface area contributed by atoms with E-state index < -0.39 is 0 Å². The maximum absolute atomic E-state index is 4.71. The topological polar surface area (TPSA) is 16.1 Å². The Bertz CT molecular complexity index is 610. The van der Waals surface area contributed by atoms with Crippen LogP contribution in [0.15, 0.2) is 36.5 Å². The maximum Gasteiger partial charge on any atom is 0.135 e. The summed E-state index contributed by atoms with van der Waals surface area (Å²) in [4.78, 5) is 7.09. The molecule has 2 heterocycles. The van der Waals surface area contributed by atoms with Gasteiger partial charge in [-0.3, -0.25) is 0 Å². The first-order chi connectivity index (χ1) is 9.79. The van der Waals surface area contributed by atoms with Gasteiger partial charge in [0.15, 0.2) is 0 Å². The van der Waals surface area contributed by atoms with E-state index in [-0.39, 0.29) is 0 Å². The van der Waals surface area contributed by atoms with Crippen LogP contribution in [0.3, 0.4) is 0 Å². The largest absolute Gasteiger partial charge is 0.326 e. The number of hydrogen-bond donors (Lipinski definition) is 0. The van der Waals surface area contributed by atoms with Crippen molar-refractivity contribution in [1.29, 1.82) is 0 Å². The van der Waals surface area contributed by atoms with Gasteiger partial charge in [-0.25, -0.2) is 4.98 Å². The van der Waals surface area contributed by atoms with Gasteiger partial charge in [-0.1, -0.05) is 40.2 Å². The van der Waals surface area contributed by atoms with Crippen molar-refractivity contribution < 1.29 is 0 Å². The lowest BCUT2D eigenvalue weighted by atomic mass is 10.1. The fourth-order valence-corrected chi connectivity index (χ4v) is 3.20. The third-order valence-electron chi connectivity index (χ3n) is 3.88. The summed E-state index contributed by atoms with van der Waals surface area (Å²) in [6, 6.07) is 11.0. The van der Waals surface area contributed by atoms with Crippen LogP contribution in [0.4, 0.5) is 11.5 Å². The summed E-state index contributed by atoms with van der Waals surface area (Å²) < 4.78 is 0. The second kappa shape index (κ2) is 5.96. The van der Waals surface area contributed by atoms with E-state index in [1.165, 1.54) is 41.6 Å². The molecular weight excluding hydrogens is 312 g/mol. The molecule has 0 N–H and O–H groups in total. The van der Waals surface area contributed by atoms with Gasteiger partial charge < -0.3 is 4.90 Å². The Morgan fingerprint density at radius 2 is 2.10 bits per heavy atom. The van der Waals surface area contributed by atoms with Crippen LogP contribution in [0.1, 0.15) is 29.5 Å². The van der Waals surface area contributed by atoms with Crippen molar-refractivity contribution in [3.63, 3.8) is 0 Å². The minimum atomic E-state index is 0.859. The van der Waals surface area contributed by atoms with E-state index in [1.54, 1.807) is 0 Å². The summed E-state index contributed by atoms with van der Waals surface area (Å²) in [7, 11) is 0. The molecule has 2 nitrogen and oxygen atoms in total. The van der Waals surface area contributed by atoms with Crippen LogP contribution in [0.5, 0.6) is 0 Å². The molecule has 0 spiro atoms. The normalized spacial score (nSPS) is 14.8. The smallest absolute Gasteiger partial charge is 0.135 e. The number of aryl methyl sites for hydroxylation is 2. The van der Waals surface area contributed by atoms with Crippen LogP contribution < -0.4 is 4.90 Å². The fraction of sp³-hybridized carbons (Fsp3) is 0.353. The molecule has 0 saturated carbocycles. The van der Waals surface area contributed by atoms with Crippen LogP contribution in [0.2, 0.25) is 0 Å². The monoisotopic (exact) mass is 330 g/mol. The number of halogens is 1. The lowest BCUT2D eigenvalue weighted by Gasteiger charge is -2.25. The summed E-state index contributed by atoms with van der Waals surface area (Å²) in [6.07, 6.45) is 5.62.